The van der Waals surface area contributed by atoms with Gasteiger partial charge in [0.25, 0.3) is 0 Å². The van der Waals surface area contributed by atoms with Crippen LogP contribution in [0, 0.1) is 0 Å². The Morgan fingerprint density at radius 2 is 1.58 bits per heavy atom. The third-order valence-electron chi connectivity index (χ3n) is 3.89. The molecule has 2 amide bonds. The molecule has 0 heterocycles. The molecular formula is C17H14ClF3N2O. The minimum absolute atomic E-state index is 0.0189. The van der Waals surface area contributed by atoms with E-state index in [4.69, 9.17) is 11.6 Å². The first kappa shape index (κ1) is 16.6. The molecule has 3 nitrogen and oxygen atoms in total. The van der Waals surface area contributed by atoms with E-state index in [1.807, 2.05) is 12.1 Å². The lowest BCUT2D eigenvalue weighted by molar-refractivity contribution is -0.137. The standard InChI is InChI=1S/C17H14ClF3N2O/c18-15-7-6-13(9-14(15)17(19,20)21)23-16(24)22-12-5-4-10-2-1-3-11(10)8-12/h4-9H,1-3H2,(H2,22,23,24). The Morgan fingerprint density at radius 3 is 2.29 bits per heavy atom. The van der Waals surface area contributed by atoms with Crippen molar-refractivity contribution in [2.75, 3.05) is 10.6 Å². The van der Waals surface area contributed by atoms with Crippen molar-refractivity contribution >= 4 is 29.0 Å². The number of anilines is 2. The SMILES string of the molecule is O=C(Nc1ccc2c(c1)CCC2)Nc1ccc(Cl)c(C(F)(F)F)c1. The van der Waals surface area contributed by atoms with Crippen LogP contribution in [0.5, 0.6) is 0 Å². The lowest BCUT2D eigenvalue weighted by Gasteiger charge is -2.12. The third kappa shape index (κ3) is 3.64. The molecule has 0 saturated heterocycles. The Kier molecular flexibility index (Phi) is 4.41. The van der Waals surface area contributed by atoms with Crippen molar-refractivity contribution in [3.63, 3.8) is 0 Å². The highest BCUT2D eigenvalue weighted by atomic mass is 35.5. The number of nitrogens with one attached hydrogen (secondary N) is 2. The lowest BCUT2D eigenvalue weighted by atomic mass is 10.1. The summed E-state index contributed by atoms with van der Waals surface area (Å²) in [5, 5.41) is 4.61. The van der Waals surface area contributed by atoms with Crippen LogP contribution in [0.25, 0.3) is 0 Å². The molecule has 24 heavy (non-hydrogen) atoms. The number of carbonyl (C=O) groups is 1. The topological polar surface area (TPSA) is 41.1 Å². The maximum absolute atomic E-state index is 12.8. The molecule has 0 spiro atoms. The molecule has 2 N–H and O–H groups in total. The van der Waals surface area contributed by atoms with E-state index >= 15 is 0 Å². The van der Waals surface area contributed by atoms with Gasteiger partial charge >= 0.3 is 12.2 Å². The summed E-state index contributed by atoms with van der Waals surface area (Å²) in [5.41, 5.74) is 2.11. The van der Waals surface area contributed by atoms with E-state index in [0.29, 0.717) is 5.69 Å². The molecule has 0 bridgehead atoms. The number of alkyl halides is 3. The monoisotopic (exact) mass is 354 g/mol. The molecule has 7 heteroatoms. The fourth-order valence-electron chi connectivity index (χ4n) is 2.76. The van der Waals surface area contributed by atoms with Crippen molar-refractivity contribution in [3.05, 3.63) is 58.1 Å². The van der Waals surface area contributed by atoms with Crippen LogP contribution in [-0.4, -0.2) is 6.03 Å². The number of amides is 2. The predicted octanol–water partition coefficient (Wildman–Crippen LogP) is 5.49. The first-order valence-corrected chi connectivity index (χ1v) is 7.77. The largest absolute Gasteiger partial charge is 0.417 e. The van der Waals surface area contributed by atoms with Crippen molar-refractivity contribution in [2.45, 2.75) is 25.4 Å². The number of urea groups is 1. The van der Waals surface area contributed by atoms with E-state index in [9.17, 15) is 18.0 Å². The maximum atomic E-state index is 12.8. The van der Waals surface area contributed by atoms with Crippen molar-refractivity contribution in [2.24, 2.45) is 0 Å². The summed E-state index contributed by atoms with van der Waals surface area (Å²) in [4.78, 5) is 12.0. The zero-order chi connectivity index (χ0) is 17.3. The van der Waals surface area contributed by atoms with Gasteiger partial charge in [-0.15, -0.1) is 0 Å². The minimum Gasteiger partial charge on any atom is -0.308 e. The van der Waals surface area contributed by atoms with Crippen LogP contribution in [-0.2, 0) is 19.0 Å². The van der Waals surface area contributed by atoms with Crippen LogP contribution >= 0.6 is 11.6 Å². The summed E-state index contributed by atoms with van der Waals surface area (Å²) in [6.45, 7) is 0. The number of hydrogen-bond donors (Lipinski definition) is 2. The Balaban J connectivity index is 1.71. The second-order valence-electron chi connectivity index (χ2n) is 5.61. The number of carbonyl (C=O) groups excluding carboxylic acids is 1. The van der Waals surface area contributed by atoms with E-state index in [2.05, 4.69) is 10.6 Å². The third-order valence-corrected chi connectivity index (χ3v) is 4.22. The summed E-state index contributed by atoms with van der Waals surface area (Å²) >= 11 is 5.55. The van der Waals surface area contributed by atoms with Gasteiger partial charge in [0.15, 0.2) is 0 Å². The molecule has 0 aliphatic heterocycles. The van der Waals surface area contributed by atoms with Gasteiger partial charge in [-0.3, -0.25) is 0 Å². The average Bonchev–Trinajstić information content (AvgIpc) is 2.95. The zero-order valence-electron chi connectivity index (χ0n) is 12.5. The Labute approximate surface area is 141 Å². The molecule has 0 aromatic heterocycles. The quantitative estimate of drug-likeness (QED) is 0.735. The number of aryl methyl sites for hydroxylation is 2. The van der Waals surface area contributed by atoms with Crippen molar-refractivity contribution < 1.29 is 18.0 Å². The highest BCUT2D eigenvalue weighted by Crippen LogP contribution is 2.36. The number of rotatable bonds is 2. The van der Waals surface area contributed by atoms with Gasteiger partial charge in [0.2, 0.25) is 0 Å². The molecule has 0 atom stereocenters. The first-order valence-electron chi connectivity index (χ1n) is 7.39. The van der Waals surface area contributed by atoms with Gasteiger partial charge in [-0.25, -0.2) is 4.79 Å². The normalized spacial score (nSPS) is 13.5. The van der Waals surface area contributed by atoms with Gasteiger partial charge in [-0.2, -0.15) is 13.2 Å². The lowest BCUT2D eigenvalue weighted by Crippen LogP contribution is -2.20. The van der Waals surface area contributed by atoms with Crippen molar-refractivity contribution in [1.29, 1.82) is 0 Å². The molecule has 2 aromatic carbocycles. The average molecular weight is 355 g/mol. The predicted molar refractivity (Wildman–Crippen MR) is 87.6 cm³/mol. The van der Waals surface area contributed by atoms with Gasteiger partial charge in [0, 0.05) is 11.4 Å². The number of benzene rings is 2. The van der Waals surface area contributed by atoms with E-state index in [1.54, 1.807) is 6.07 Å². The molecule has 126 valence electrons. The van der Waals surface area contributed by atoms with Crippen LogP contribution in [0.4, 0.5) is 29.3 Å². The van der Waals surface area contributed by atoms with E-state index in [-0.39, 0.29) is 5.69 Å². The van der Waals surface area contributed by atoms with Crippen molar-refractivity contribution in [3.8, 4) is 0 Å². The number of fused-ring (bicyclic) bond motifs is 1. The molecule has 1 aliphatic carbocycles. The maximum Gasteiger partial charge on any atom is 0.417 e. The summed E-state index contributed by atoms with van der Waals surface area (Å²) in [6.07, 6.45) is -1.48. The molecule has 2 aromatic rings. The van der Waals surface area contributed by atoms with Gasteiger partial charge in [-0.05, 0) is 60.7 Å². The number of hydrogen-bond acceptors (Lipinski definition) is 1. The highest BCUT2D eigenvalue weighted by molar-refractivity contribution is 6.31. The zero-order valence-corrected chi connectivity index (χ0v) is 13.3. The molecule has 3 rings (SSSR count). The summed E-state index contributed by atoms with van der Waals surface area (Å²) in [5.74, 6) is 0. The smallest absolute Gasteiger partial charge is 0.308 e. The molecule has 0 unspecified atom stereocenters. The van der Waals surface area contributed by atoms with Gasteiger partial charge in [0.05, 0.1) is 10.6 Å². The van der Waals surface area contributed by atoms with Crippen LogP contribution in [0.1, 0.15) is 23.1 Å². The molecule has 1 aliphatic rings. The highest BCUT2D eigenvalue weighted by Gasteiger charge is 2.33. The number of halogens is 4. The van der Waals surface area contributed by atoms with Crippen LogP contribution in [0.15, 0.2) is 36.4 Å². The fourth-order valence-corrected chi connectivity index (χ4v) is 2.99. The molecule has 0 fully saturated rings. The molecular weight excluding hydrogens is 341 g/mol. The van der Waals surface area contributed by atoms with Crippen molar-refractivity contribution in [1.82, 2.24) is 0 Å². The molecule has 0 radical (unpaired) electrons. The minimum atomic E-state index is -4.58. The second-order valence-corrected chi connectivity index (χ2v) is 6.02. The van der Waals surface area contributed by atoms with Gasteiger partial charge in [-0.1, -0.05) is 17.7 Å². The van der Waals surface area contributed by atoms with E-state index in [0.717, 1.165) is 31.4 Å². The van der Waals surface area contributed by atoms with E-state index in [1.165, 1.54) is 17.2 Å². The van der Waals surface area contributed by atoms with Crippen LogP contribution < -0.4 is 10.6 Å². The Hall–Kier alpha value is -2.21. The van der Waals surface area contributed by atoms with Crippen LogP contribution in [0.2, 0.25) is 5.02 Å². The summed E-state index contributed by atoms with van der Waals surface area (Å²) in [6, 6.07) is 8.27. The Bertz CT molecular complexity index is 790. The summed E-state index contributed by atoms with van der Waals surface area (Å²) in [7, 11) is 0. The van der Waals surface area contributed by atoms with E-state index < -0.39 is 22.8 Å². The first-order chi connectivity index (χ1) is 11.3. The summed E-state index contributed by atoms with van der Waals surface area (Å²) < 4.78 is 38.5. The fraction of sp³-hybridized carbons (Fsp3) is 0.235. The van der Waals surface area contributed by atoms with Gasteiger partial charge < -0.3 is 10.6 Å². The molecule has 0 saturated carbocycles. The second kappa shape index (κ2) is 6.36. The van der Waals surface area contributed by atoms with Gasteiger partial charge in [0.1, 0.15) is 0 Å². The van der Waals surface area contributed by atoms with Crippen LogP contribution in [0.3, 0.4) is 0 Å². The Morgan fingerprint density at radius 1 is 0.958 bits per heavy atom.